The van der Waals surface area contributed by atoms with E-state index in [9.17, 15) is 19.2 Å². The first-order valence-corrected chi connectivity index (χ1v) is 14.8. The third kappa shape index (κ3) is 11.4. The minimum atomic E-state index is -1.10. The van der Waals surface area contributed by atoms with Crippen LogP contribution in [0.15, 0.2) is 54.6 Å². The zero-order valence-corrected chi connectivity index (χ0v) is 27.3. The number of carbonyl (C=O) groups excluding carboxylic acids is 4. The summed E-state index contributed by atoms with van der Waals surface area (Å²) < 4.78 is 11.1. The third-order valence-electron chi connectivity index (χ3n) is 6.78. The molecular weight excluding hydrogens is 546 g/mol. The molecular formula is C34H49N3O6. The molecule has 0 saturated carbocycles. The Balaban J connectivity index is 2.48. The van der Waals surface area contributed by atoms with Crippen molar-refractivity contribution < 1.29 is 28.7 Å². The molecule has 4 atom stereocenters. The standard InChI is InChI=1S/C34H49N3O6/c1-11-23(3)27(36-32(41)43-34(7,8)9)30(39)37(10)28(25-19-15-16-22(2)20-25)29(38)35-26(31(40)42-33(4,5)6)21-24-17-13-12-14-18-24/h12-20,23,26-28H,11,21H2,1-10H3,(H,35,38)(H,36,41). The normalized spacial score (nSPS) is 14.5. The second kappa shape index (κ2) is 15.0. The van der Waals surface area contributed by atoms with Gasteiger partial charge >= 0.3 is 12.1 Å². The van der Waals surface area contributed by atoms with Crippen molar-refractivity contribution in [2.45, 2.75) is 104 Å². The van der Waals surface area contributed by atoms with Crippen molar-refractivity contribution in [1.82, 2.24) is 15.5 Å². The summed E-state index contributed by atoms with van der Waals surface area (Å²) in [7, 11) is 1.53. The van der Waals surface area contributed by atoms with E-state index in [4.69, 9.17) is 9.47 Å². The van der Waals surface area contributed by atoms with Gasteiger partial charge < -0.3 is 25.0 Å². The summed E-state index contributed by atoms with van der Waals surface area (Å²) in [6, 6.07) is 13.6. The smallest absolute Gasteiger partial charge is 0.408 e. The quantitative estimate of drug-likeness (QED) is 0.332. The molecule has 2 rings (SSSR count). The SMILES string of the molecule is CCC(C)C(NC(=O)OC(C)(C)C)C(=O)N(C)C(C(=O)NC(Cc1ccccc1)C(=O)OC(C)(C)C)c1cccc(C)c1. The van der Waals surface area contributed by atoms with E-state index in [1.807, 2.05) is 69.3 Å². The molecule has 0 radical (unpaired) electrons. The molecule has 0 heterocycles. The van der Waals surface area contributed by atoms with Crippen molar-refractivity contribution in [2.75, 3.05) is 7.05 Å². The van der Waals surface area contributed by atoms with E-state index in [1.54, 1.807) is 47.6 Å². The molecule has 0 spiro atoms. The predicted octanol–water partition coefficient (Wildman–Crippen LogP) is 5.50. The summed E-state index contributed by atoms with van der Waals surface area (Å²) in [5.41, 5.74) is 0.786. The number of carbonyl (C=O) groups is 4. The number of alkyl carbamates (subject to hydrolysis) is 1. The average molecular weight is 596 g/mol. The van der Waals surface area contributed by atoms with Crippen molar-refractivity contribution in [3.63, 3.8) is 0 Å². The van der Waals surface area contributed by atoms with Crippen molar-refractivity contribution >= 4 is 23.9 Å². The fraction of sp³-hybridized carbons (Fsp3) is 0.529. The minimum absolute atomic E-state index is 0.204. The number of rotatable bonds is 11. The van der Waals surface area contributed by atoms with Gasteiger partial charge in [0.25, 0.3) is 0 Å². The summed E-state index contributed by atoms with van der Waals surface area (Å²) in [4.78, 5) is 55.5. The van der Waals surface area contributed by atoms with Crippen LogP contribution in [0.5, 0.6) is 0 Å². The number of likely N-dealkylation sites (N-methyl/N-ethyl adjacent to an activating group) is 1. The lowest BCUT2D eigenvalue weighted by molar-refractivity contribution is -0.159. The monoisotopic (exact) mass is 595 g/mol. The number of nitrogens with zero attached hydrogens (tertiary/aromatic N) is 1. The van der Waals surface area contributed by atoms with Crippen LogP contribution in [0.1, 0.15) is 84.5 Å². The van der Waals surface area contributed by atoms with Crippen LogP contribution in [0.25, 0.3) is 0 Å². The van der Waals surface area contributed by atoms with Crippen LogP contribution in [0.2, 0.25) is 0 Å². The molecule has 236 valence electrons. The highest BCUT2D eigenvalue weighted by molar-refractivity contribution is 5.94. The number of benzene rings is 2. The molecule has 0 fully saturated rings. The van der Waals surface area contributed by atoms with Gasteiger partial charge in [-0.25, -0.2) is 9.59 Å². The molecule has 0 aromatic heterocycles. The first-order valence-electron chi connectivity index (χ1n) is 14.8. The van der Waals surface area contributed by atoms with E-state index < -0.39 is 53.2 Å². The number of aryl methyl sites for hydroxylation is 1. The molecule has 9 heteroatoms. The van der Waals surface area contributed by atoms with Gasteiger partial charge in [0.15, 0.2) is 0 Å². The van der Waals surface area contributed by atoms with Gasteiger partial charge in [0.2, 0.25) is 11.8 Å². The molecule has 0 bridgehead atoms. The van der Waals surface area contributed by atoms with Crippen LogP contribution < -0.4 is 10.6 Å². The average Bonchev–Trinajstić information content (AvgIpc) is 2.89. The Labute approximate surface area is 256 Å². The van der Waals surface area contributed by atoms with Crippen molar-refractivity contribution in [3.8, 4) is 0 Å². The van der Waals surface area contributed by atoms with Crippen LogP contribution >= 0.6 is 0 Å². The maximum atomic E-state index is 14.1. The van der Waals surface area contributed by atoms with E-state index in [0.717, 1.165) is 11.1 Å². The van der Waals surface area contributed by atoms with Gasteiger partial charge in [0.1, 0.15) is 29.3 Å². The lowest BCUT2D eigenvalue weighted by atomic mass is 9.95. The van der Waals surface area contributed by atoms with Gasteiger partial charge in [-0.05, 0) is 65.5 Å². The summed E-state index contributed by atoms with van der Waals surface area (Å²) in [6.07, 6.45) is 0.0816. The molecule has 43 heavy (non-hydrogen) atoms. The maximum Gasteiger partial charge on any atom is 0.408 e. The summed E-state index contributed by atoms with van der Waals surface area (Å²) in [6.45, 7) is 16.2. The van der Waals surface area contributed by atoms with Gasteiger partial charge in [-0.1, -0.05) is 80.4 Å². The van der Waals surface area contributed by atoms with E-state index >= 15 is 0 Å². The number of ether oxygens (including phenoxy) is 2. The van der Waals surface area contributed by atoms with Crippen LogP contribution in [0, 0.1) is 12.8 Å². The Bertz CT molecular complexity index is 1250. The minimum Gasteiger partial charge on any atom is -0.458 e. The second-order valence-corrected chi connectivity index (χ2v) is 13.1. The Morgan fingerprint density at radius 1 is 0.860 bits per heavy atom. The Hall–Kier alpha value is -3.88. The van der Waals surface area contributed by atoms with Gasteiger partial charge in [0, 0.05) is 13.5 Å². The Kier molecular flexibility index (Phi) is 12.3. The summed E-state index contributed by atoms with van der Waals surface area (Å²) in [5.74, 6) is -1.84. The Morgan fingerprint density at radius 2 is 1.47 bits per heavy atom. The van der Waals surface area contributed by atoms with Crippen molar-refractivity contribution in [2.24, 2.45) is 5.92 Å². The molecule has 0 saturated heterocycles. The fourth-order valence-electron chi connectivity index (χ4n) is 4.52. The number of esters is 1. The zero-order chi connectivity index (χ0) is 32.5. The molecule has 2 aromatic carbocycles. The highest BCUT2D eigenvalue weighted by atomic mass is 16.6. The molecule has 2 aromatic rings. The molecule has 4 unspecified atom stereocenters. The van der Waals surface area contributed by atoms with Crippen LogP contribution in [0.4, 0.5) is 4.79 Å². The van der Waals surface area contributed by atoms with Crippen LogP contribution in [-0.4, -0.2) is 59.1 Å². The number of hydrogen-bond donors (Lipinski definition) is 2. The molecule has 0 aliphatic rings. The predicted molar refractivity (Wildman–Crippen MR) is 167 cm³/mol. The molecule has 0 aliphatic heterocycles. The van der Waals surface area contributed by atoms with E-state index in [-0.39, 0.29) is 12.3 Å². The van der Waals surface area contributed by atoms with Crippen LogP contribution in [-0.2, 0) is 30.3 Å². The lowest BCUT2D eigenvalue weighted by Gasteiger charge is -2.34. The fourth-order valence-corrected chi connectivity index (χ4v) is 4.52. The van der Waals surface area contributed by atoms with Gasteiger partial charge in [0.05, 0.1) is 0 Å². The van der Waals surface area contributed by atoms with Crippen molar-refractivity contribution in [1.29, 1.82) is 0 Å². The first kappa shape index (κ1) is 35.3. The third-order valence-corrected chi connectivity index (χ3v) is 6.78. The van der Waals surface area contributed by atoms with E-state index in [2.05, 4.69) is 10.6 Å². The molecule has 9 nitrogen and oxygen atoms in total. The van der Waals surface area contributed by atoms with E-state index in [0.29, 0.717) is 12.0 Å². The van der Waals surface area contributed by atoms with Crippen LogP contribution in [0.3, 0.4) is 0 Å². The molecule has 0 aliphatic carbocycles. The molecule has 2 N–H and O–H groups in total. The highest BCUT2D eigenvalue weighted by Crippen LogP contribution is 2.25. The second-order valence-electron chi connectivity index (χ2n) is 13.1. The van der Waals surface area contributed by atoms with E-state index in [1.165, 1.54) is 11.9 Å². The van der Waals surface area contributed by atoms with Gasteiger partial charge in [-0.15, -0.1) is 0 Å². The van der Waals surface area contributed by atoms with Gasteiger partial charge in [-0.2, -0.15) is 0 Å². The summed E-state index contributed by atoms with van der Waals surface area (Å²) in [5, 5.41) is 5.60. The Morgan fingerprint density at radius 3 is 2.00 bits per heavy atom. The lowest BCUT2D eigenvalue weighted by Crippen LogP contribution is -2.55. The maximum absolute atomic E-state index is 14.1. The number of nitrogens with one attached hydrogen (secondary N) is 2. The number of hydrogen-bond acceptors (Lipinski definition) is 6. The largest absolute Gasteiger partial charge is 0.458 e. The first-order chi connectivity index (χ1) is 19.9. The number of amides is 3. The van der Waals surface area contributed by atoms with Crippen molar-refractivity contribution in [3.05, 3.63) is 71.3 Å². The highest BCUT2D eigenvalue weighted by Gasteiger charge is 2.38. The summed E-state index contributed by atoms with van der Waals surface area (Å²) >= 11 is 0. The zero-order valence-electron chi connectivity index (χ0n) is 27.3. The topological polar surface area (TPSA) is 114 Å². The molecule has 3 amide bonds. The van der Waals surface area contributed by atoms with Gasteiger partial charge in [-0.3, -0.25) is 9.59 Å².